The molecule has 0 saturated carbocycles. The van der Waals surface area contributed by atoms with Gasteiger partial charge in [0.1, 0.15) is 0 Å². The first kappa shape index (κ1) is 13.2. The molecule has 1 aliphatic rings. The van der Waals surface area contributed by atoms with Gasteiger partial charge < -0.3 is 15.4 Å². The summed E-state index contributed by atoms with van der Waals surface area (Å²) >= 11 is 1.93. The number of hydrogen-bond acceptors (Lipinski definition) is 5. The number of esters is 1. The first-order valence-corrected chi connectivity index (χ1v) is 7.04. The number of carbonyl (C=O) groups excluding carboxylic acids is 1. The van der Waals surface area contributed by atoms with Gasteiger partial charge in [-0.05, 0) is 24.3 Å². The van der Waals surface area contributed by atoms with E-state index >= 15 is 0 Å². The molecule has 0 spiro atoms. The molecule has 1 fully saturated rings. The number of thioether (sulfide) groups is 1. The molecule has 1 aromatic carbocycles. The van der Waals surface area contributed by atoms with E-state index in [0.29, 0.717) is 17.4 Å². The molecule has 5 heteroatoms. The summed E-state index contributed by atoms with van der Waals surface area (Å²) < 4.78 is 4.68. The lowest BCUT2D eigenvalue weighted by molar-refractivity contribution is 0.0601. The van der Waals surface area contributed by atoms with E-state index in [4.69, 9.17) is 5.73 Å². The predicted octanol–water partition coefficient (Wildman–Crippen LogP) is 1.35. The van der Waals surface area contributed by atoms with Crippen LogP contribution < -0.4 is 10.6 Å². The van der Waals surface area contributed by atoms with E-state index < -0.39 is 0 Å². The second-order valence-corrected chi connectivity index (χ2v) is 5.62. The van der Waals surface area contributed by atoms with Crippen molar-refractivity contribution in [3.05, 3.63) is 29.8 Å². The molecule has 1 saturated heterocycles. The van der Waals surface area contributed by atoms with Crippen molar-refractivity contribution < 1.29 is 9.53 Å². The number of anilines is 1. The summed E-state index contributed by atoms with van der Waals surface area (Å²) in [5, 5.41) is 0.499. The summed E-state index contributed by atoms with van der Waals surface area (Å²) in [6.45, 7) is 2.71. The minimum absolute atomic E-state index is 0.296. The number of nitrogens with zero attached hydrogens (tertiary/aromatic N) is 1. The smallest absolute Gasteiger partial charge is 0.337 e. The standard InChI is InChI=1S/C13H18N2O2S/c1-17-13(16)10-2-4-11(5-3-10)15-6-7-18-12(8-14)9-15/h2-5,12H,6-9,14H2,1H3. The molecule has 1 aliphatic heterocycles. The Bertz CT molecular complexity index is 408. The summed E-state index contributed by atoms with van der Waals surface area (Å²) in [7, 11) is 1.39. The third-order valence-corrected chi connectivity index (χ3v) is 4.29. The lowest BCUT2D eigenvalue weighted by Crippen LogP contribution is -2.41. The van der Waals surface area contributed by atoms with Crippen molar-refractivity contribution in [1.82, 2.24) is 0 Å². The van der Waals surface area contributed by atoms with Crippen LogP contribution in [0.4, 0.5) is 5.69 Å². The van der Waals surface area contributed by atoms with Crippen LogP contribution >= 0.6 is 11.8 Å². The molecule has 0 bridgehead atoms. The molecule has 1 heterocycles. The van der Waals surface area contributed by atoms with Crippen molar-refractivity contribution in [3.8, 4) is 0 Å². The molecule has 18 heavy (non-hydrogen) atoms. The van der Waals surface area contributed by atoms with Gasteiger partial charge >= 0.3 is 5.97 Å². The largest absolute Gasteiger partial charge is 0.465 e. The second-order valence-electron chi connectivity index (χ2n) is 4.21. The van der Waals surface area contributed by atoms with Gasteiger partial charge in [0.25, 0.3) is 0 Å². The molecule has 1 unspecified atom stereocenters. The maximum absolute atomic E-state index is 11.3. The van der Waals surface area contributed by atoms with Gasteiger partial charge in [0, 0.05) is 36.3 Å². The number of carbonyl (C=O) groups is 1. The Kier molecular flexibility index (Phi) is 4.49. The maximum Gasteiger partial charge on any atom is 0.337 e. The Hall–Kier alpha value is -1.20. The van der Waals surface area contributed by atoms with Crippen molar-refractivity contribution in [2.45, 2.75) is 5.25 Å². The van der Waals surface area contributed by atoms with Crippen LogP contribution in [0.15, 0.2) is 24.3 Å². The third kappa shape index (κ3) is 2.97. The number of benzene rings is 1. The zero-order valence-electron chi connectivity index (χ0n) is 10.5. The van der Waals surface area contributed by atoms with Crippen LogP contribution in [0.3, 0.4) is 0 Å². The minimum Gasteiger partial charge on any atom is -0.465 e. The monoisotopic (exact) mass is 266 g/mol. The molecule has 98 valence electrons. The molecule has 0 aromatic heterocycles. The number of ether oxygens (including phenoxy) is 1. The molecular formula is C13H18N2O2S. The van der Waals surface area contributed by atoms with Crippen molar-refractivity contribution in [1.29, 1.82) is 0 Å². The molecule has 0 amide bonds. The highest BCUT2D eigenvalue weighted by molar-refractivity contribution is 8.00. The summed E-state index contributed by atoms with van der Waals surface area (Å²) in [5.41, 5.74) is 7.44. The average molecular weight is 266 g/mol. The quantitative estimate of drug-likeness (QED) is 0.837. The van der Waals surface area contributed by atoms with Crippen LogP contribution in [0.25, 0.3) is 0 Å². The van der Waals surface area contributed by atoms with E-state index in [1.807, 2.05) is 23.9 Å². The topological polar surface area (TPSA) is 55.6 Å². The van der Waals surface area contributed by atoms with E-state index in [1.54, 1.807) is 12.1 Å². The molecular weight excluding hydrogens is 248 g/mol. The van der Waals surface area contributed by atoms with Crippen LogP contribution in [0.5, 0.6) is 0 Å². The van der Waals surface area contributed by atoms with Crippen LogP contribution in [-0.2, 0) is 4.74 Å². The van der Waals surface area contributed by atoms with Crippen molar-refractivity contribution in [2.24, 2.45) is 5.73 Å². The van der Waals surface area contributed by atoms with Crippen LogP contribution in [0.1, 0.15) is 10.4 Å². The normalized spacial score (nSPS) is 19.7. The number of rotatable bonds is 3. The number of methoxy groups -OCH3 is 1. The third-order valence-electron chi connectivity index (χ3n) is 3.06. The summed E-state index contributed by atoms with van der Waals surface area (Å²) in [5.74, 6) is 0.802. The van der Waals surface area contributed by atoms with Gasteiger partial charge in [-0.3, -0.25) is 0 Å². The Morgan fingerprint density at radius 1 is 1.50 bits per heavy atom. The van der Waals surface area contributed by atoms with Gasteiger partial charge in [-0.2, -0.15) is 11.8 Å². The zero-order chi connectivity index (χ0) is 13.0. The fourth-order valence-corrected chi connectivity index (χ4v) is 3.10. The molecule has 1 atom stereocenters. The van der Waals surface area contributed by atoms with Crippen molar-refractivity contribution in [3.63, 3.8) is 0 Å². The van der Waals surface area contributed by atoms with Gasteiger partial charge in [0.2, 0.25) is 0 Å². The Morgan fingerprint density at radius 2 is 2.22 bits per heavy atom. The highest BCUT2D eigenvalue weighted by atomic mass is 32.2. The van der Waals surface area contributed by atoms with Crippen molar-refractivity contribution >= 4 is 23.4 Å². The maximum atomic E-state index is 11.3. The molecule has 0 radical (unpaired) electrons. The van der Waals surface area contributed by atoms with Gasteiger partial charge in [0.15, 0.2) is 0 Å². The lowest BCUT2D eigenvalue weighted by atomic mass is 10.2. The average Bonchev–Trinajstić information content (AvgIpc) is 2.46. The molecule has 2 N–H and O–H groups in total. The first-order chi connectivity index (χ1) is 8.74. The van der Waals surface area contributed by atoms with Gasteiger partial charge in [-0.25, -0.2) is 4.79 Å². The highest BCUT2D eigenvalue weighted by Gasteiger charge is 2.19. The van der Waals surface area contributed by atoms with Crippen molar-refractivity contribution in [2.75, 3.05) is 37.4 Å². The molecule has 0 aliphatic carbocycles. The van der Waals surface area contributed by atoms with E-state index in [-0.39, 0.29) is 5.97 Å². The van der Waals surface area contributed by atoms with Crippen LogP contribution in [-0.4, -0.2) is 43.7 Å². The Morgan fingerprint density at radius 3 is 2.83 bits per heavy atom. The molecule has 2 rings (SSSR count). The van der Waals surface area contributed by atoms with Gasteiger partial charge in [-0.15, -0.1) is 0 Å². The van der Waals surface area contributed by atoms with E-state index in [1.165, 1.54) is 7.11 Å². The summed E-state index contributed by atoms with van der Waals surface area (Å²) in [6.07, 6.45) is 0. The highest BCUT2D eigenvalue weighted by Crippen LogP contribution is 2.23. The first-order valence-electron chi connectivity index (χ1n) is 5.99. The van der Waals surface area contributed by atoms with E-state index in [2.05, 4.69) is 9.64 Å². The fourth-order valence-electron chi connectivity index (χ4n) is 2.02. The second kappa shape index (κ2) is 6.11. The minimum atomic E-state index is -0.296. The molecule has 4 nitrogen and oxygen atoms in total. The summed E-state index contributed by atoms with van der Waals surface area (Å²) in [4.78, 5) is 13.7. The Labute approximate surface area is 111 Å². The fraction of sp³-hybridized carbons (Fsp3) is 0.462. The van der Waals surface area contributed by atoms with E-state index in [0.717, 1.165) is 24.5 Å². The number of hydrogen-bond donors (Lipinski definition) is 1. The SMILES string of the molecule is COC(=O)c1ccc(N2CCSC(CN)C2)cc1. The number of nitrogens with two attached hydrogens (primary N) is 1. The predicted molar refractivity (Wildman–Crippen MR) is 75.3 cm³/mol. The summed E-state index contributed by atoms with van der Waals surface area (Å²) in [6, 6.07) is 7.55. The van der Waals surface area contributed by atoms with Gasteiger partial charge in [-0.1, -0.05) is 0 Å². The zero-order valence-corrected chi connectivity index (χ0v) is 11.3. The van der Waals surface area contributed by atoms with Crippen LogP contribution in [0, 0.1) is 0 Å². The van der Waals surface area contributed by atoms with Crippen LogP contribution in [0.2, 0.25) is 0 Å². The van der Waals surface area contributed by atoms with Gasteiger partial charge in [0.05, 0.1) is 12.7 Å². The molecule has 1 aromatic rings. The van der Waals surface area contributed by atoms with E-state index in [9.17, 15) is 4.79 Å². The lowest BCUT2D eigenvalue weighted by Gasteiger charge is -2.33. The Balaban J connectivity index is 2.07.